The molecule has 0 atom stereocenters. The number of benzene rings is 1. The minimum Gasteiger partial charge on any atom is -0.325 e. The highest BCUT2D eigenvalue weighted by atomic mass is 16.2. The molecule has 2 rings (SSSR count). The van der Waals surface area contributed by atoms with Crippen molar-refractivity contribution in [2.75, 3.05) is 38.0 Å². The lowest BCUT2D eigenvalue weighted by atomic mass is 10.1. The molecule has 19 heavy (non-hydrogen) atoms. The van der Waals surface area contributed by atoms with Gasteiger partial charge in [0.25, 0.3) is 0 Å². The summed E-state index contributed by atoms with van der Waals surface area (Å²) in [4.78, 5) is 14.2. The van der Waals surface area contributed by atoms with Crippen molar-refractivity contribution in [1.82, 2.24) is 10.2 Å². The Morgan fingerprint density at radius 1 is 1.26 bits per heavy atom. The number of nitrogens with zero attached hydrogens (tertiary/aromatic N) is 1. The van der Waals surface area contributed by atoms with E-state index in [4.69, 9.17) is 0 Å². The number of carbonyl (C=O) groups is 1. The molecule has 0 aliphatic carbocycles. The van der Waals surface area contributed by atoms with Crippen LogP contribution in [0.1, 0.15) is 17.5 Å². The van der Waals surface area contributed by atoms with Crippen LogP contribution in [0.25, 0.3) is 0 Å². The standard InChI is InChI=1S/C15H23N3O/c1-12-4-5-14(10-13(12)2)17-15(19)11-18-8-3-6-16-7-9-18/h4-5,10,16H,3,6-9,11H2,1-2H3,(H,17,19). The highest BCUT2D eigenvalue weighted by molar-refractivity contribution is 5.92. The summed E-state index contributed by atoms with van der Waals surface area (Å²) < 4.78 is 0. The van der Waals surface area contributed by atoms with Crippen LogP contribution >= 0.6 is 0 Å². The summed E-state index contributed by atoms with van der Waals surface area (Å²) in [5.41, 5.74) is 3.34. The van der Waals surface area contributed by atoms with E-state index < -0.39 is 0 Å². The Hall–Kier alpha value is -1.39. The smallest absolute Gasteiger partial charge is 0.238 e. The van der Waals surface area contributed by atoms with Crippen LogP contribution in [0.4, 0.5) is 5.69 Å². The molecule has 4 heteroatoms. The summed E-state index contributed by atoms with van der Waals surface area (Å²) in [6, 6.07) is 6.03. The predicted molar refractivity (Wildman–Crippen MR) is 78.5 cm³/mol. The van der Waals surface area contributed by atoms with Gasteiger partial charge in [-0.1, -0.05) is 6.07 Å². The van der Waals surface area contributed by atoms with E-state index in [2.05, 4.69) is 29.4 Å². The van der Waals surface area contributed by atoms with Gasteiger partial charge in [0.05, 0.1) is 6.54 Å². The van der Waals surface area contributed by atoms with Crippen molar-refractivity contribution in [3.8, 4) is 0 Å². The van der Waals surface area contributed by atoms with Crippen molar-refractivity contribution in [2.24, 2.45) is 0 Å². The first-order valence-electron chi connectivity index (χ1n) is 6.95. The van der Waals surface area contributed by atoms with Crippen LogP contribution in [0.5, 0.6) is 0 Å². The van der Waals surface area contributed by atoms with Crippen molar-refractivity contribution in [2.45, 2.75) is 20.3 Å². The van der Waals surface area contributed by atoms with E-state index in [9.17, 15) is 4.79 Å². The molecule has 1 aromatic carbocycles. The molecule has 0 aromatic heterocycles. The largest absolute Gasteiger partial charge is 0.325 e. The van der Waals surface area contributed by atoms with Gasteiger partial charge in [0.15, 0.2) is 0 Å². The first-order chi connectivity index (χ1) is 9.15. The number of hydrogen-bond donors (Lipinski definition) is 2. The molecular formula is C15H23N3O. The molecule has 0 unspecified atom stereocenters. The fourth-order valence-corrected chi connectivity index (χ4v) is 2.28. The molecule has 2 N–H and O–H groups in total. The molecule has 0 bridgehead atoms. The summed E-state index contributed by atoms with van der Waals surface area (Å²) >= 11 is 0. The lowest BCUT2D eigenvalue weighted by molar-refractivity contribution is -0.117. The Bertz CT molecular complexity index is 437. The zero-order chi connectivity index (χ0) is 13.7. The monoisotopic (exact) mass is 261 g/mol. The Labute approximate surface area is 115 Å². The Morgan fingerprint density at radius 2 is 2.11 bits per heavy atom. The molecule has 1 aliphatic rings. The summed E-state index contributed by atoms with van der Waals surface area (Å²) in [5, 5.41) is 6.32. The van der Waals surface area contributed by atoms with Crippen LogP contribution in [0.3, 0.4) is 0 Å². The van der Waals surface area contributed by atoms with Gasteiger partial charge in [-0.2, -0.15) is 0 Å². The quantitative estimate of drug-likeness (QED) is 0.867. The lowest BCUT2D eigenvalue weighted by Gasteiger charge is -2.18. The molecule has 1 heterocycles. The third-order valence-electron chi connectivity index (χ3n) is 3.59. The van der Waals surface area contributed by atoms with E-state index in [0.29, 0.717) is 6.54 Å². The number of amides is 1. The second-order valence-corrected chi connectivity index (χ2v) is 5.23. The highest BCUT2D eigenvalue weighted by Crippen LogP contribution is 2.14. The van der Waals surface area contributed by atoms with E-state index in [1.807, 2.05) is 18.2 Å². The summed E-state index contributed by atoms with van der Waals surface area (Å²) in [6.07, 6.45) is 1.11. The number of nitrogens with one attached hydrogen (secondary N) is 2. The maximum atomic E-state index is 12.0. The van der Waals surface area contributed by atoms with Crippen LogP contribution in [-0.2, 0) is 4.79 Å². The molecule has 1 saturated heterocycles. The van der Waals surface area contributed by atoms with Gasteiger partial charge >= 0.3 is 0 Å². The van der Waals surface area contributed by atoms with Gasteiger partial charge in [-0.25, -0.2) is 0 Å². The molecule has 4 nitrogen and oxygen atoms in total. The maximum Gasteiger partial charge on any atom is 0.238 e. The molecule has 0 spiro atoms. The van der Waals surface area contributed by atoms with Crippen molar-refractivity contribution in [3.05, 3.63) is 29.3 Å². The van der Waals surface area contributed by atoms with Crippen LogP contribution in [0.15, 0.2) is 18.2 Å². The highest BCUT2D eigenvalue weighted by Gasteiger charge is 2.12. The number of hydrogen-bond acceptors (Lipinski definition) is 3. The third kappa shape index (κ3) is 4.33. The van der Waals surface area contributed by atoms with Crippen molar-refractivity contribution in [3.63, 3.8) is 0 Å². The Morgan fingerprint density at radius 3 is 2.89 bits per heavy atom. The lowest BCUT2D eigenvalue weighted by Crippen LogP contribution is -2.35. The number of rotatable bonds is 3. The first-order valence-corrected chi connectivity index (χ1v) is 6.95. The van der Waals surface area contributed by atoms with Crippen molar-refractivity contribution >= 4 is 11.6 Å². The molecular weight excluding hydrogens is 238 g/mol. The average Bonchev–Trinajstić information content (AvgIpc) is 2.62. The predicted octanol–water partition coefficient (Wildman–Crippen LogP) is 1.54. The Balaban J connectivity index is 1.87. The van der Waals surface area contributed by atoms with Crippen LogP contribution < -0.4 is 10.6 Å². The summed E-state index contributed by atoms with van der Waals surface area (Å²) in [7, 11) is 0. The molecule has 0 saturated carbocycles. The minimum atomic E-state index is 0.0742. The van der Waals surface area contributed by atoms with Crippen molar-refractivity contribution < 1.29 is 4.79 Å². The average molecular weight is 261 g/mol. The van der Waals surface area contributed by atoms with Crippen LogP contribution in [-0.4, -0.2) is 43.5 Å². The van der Waals surface area contributed by atoms with Gasteiger partial charge in [-0.15, -0.1) is 0 Å². The second kappa shape index (κ2) is 6.68. The van der Waals surface area contributed by atoms with Gasteiger partial charge in [-0.3, -0.25) is 9.69 Å². The summed E-state index contributed by atoms with van der Waals surface area (Å²) in [5.74, 6) is 0.0742. The minimum absolute atomic E-state index is 0.0742. The topological polar surface area (TPSA) is 44.4 Å². The molecule has 104 valence electrons. The van der Waals surface area contributed by atoms with E-state index >= 15 is 0 Å². The van der Waals surface area contributed by atoms with Crippen molar-refractivity contribution in [1.29, 1.82) is 0 Å². The molecule has 1 aromatic rings. The van der Waals surface area contributed by atoms with Gasteiger partial charge < -0.3 is 10.6 Å². The maximum absolute atomic E-state index is 12.0. The van der Waals surface area contributed by atoms with Gasteiger partial charge in [-0.05, 0) is 56.6 Å². The fourth-order valence-electron chi connectivity index (χ4n) is 2.28. The summed E-state index contributed by atoms with van der Waals surface area (Å²) in [6.45, 7) is 8.57. The first kappa shape index (κ1) is 14.0. The second-order valence-electron chi connectivity index (χ2n) is 5.23. The van der Waals surface area contributed by atoms with Gasteiger partial charge in [0.2, 0.25) is 5.91 Å². The number of carbonyl (C=O) groups excluding carboxylic acids is 1. The molecule has 1 aliphatic heterocycles. The van der Waals surface area contributed by atoms with Gasteiger partial charge in [0, 0.05) is 18.8 Å². The normalized spacial score (nSPS) is 16.9. The zero-order valence-corrected chi connectivity index (χ0v) is 11.8. The van der Waals surface area contributed by atoms with Gasteiger partial charge in [0.1, 0.15) is 0 Å². The van der Waals surface area contributed by atoms with E-state index in [-0.39, 0.29) is 5.91 Å². The van der Waals surface area contributed by atoms with E-state index in [1.54, 1.807) is 0 Å². The molecule has 1 amide bonds. The van der Waals surface area contributed by atoms with Crippen LogP contribution in [0.2, 0.25) is 0 Å². The number of aryl methyl sites for hydroxylation is 2. The zero-order valence-electron chi connectivity index (χ0n) is 11.8. The Kier molecular flexibility index (Phi) is 4.93. The molecule has 1 fully saturated rings. The third-order valence-corrected chi connectivity index (χ3v) is 3.59. The van der Waals surface area contributed by atoms with Crippen LogP contribution in [0, 0.1) is 13.8 Å². The number of anilines is 1. The van der Waals surface area contributed by atoms with E-state index in [1.165, 1.54) is 11.1 Å². The van der Waals surface area contributed by atoms with E-state index in [0.717, 1.165) is 38.3 Å². The fraction of sp³-hybridized carbons (Fsp3) is 0.533. The SMILES string of the molecule is Cc1ccc(NC(=O)CN2CCCNCC2)cc1C. The molecule has 0 radical (unpaired) electrons.